The molecule has 4 nitrogen and oxygen atoms in total. The minimum atomic E-state index is -0.542. The Balaban J connectivity index is 1.75. The van der Waals surface area contributed by atoms with E-state index in [4.69, 9.17) is 11.6 Å². The van der Waals surface area contributed by atoms with E-state index in [0.717, 1.165) is 42.4 Å². The van der Waals surface area contributed by atoms with Crippen LogP contribution >= 0.6 is 11.6 Å². The molecule has 3 rings (SSSR count). The van der Waals surface area contributed by atoms with Crippen molar-refractivity contribution in [3.63, 3.8) is 0 Å². The number of rotatable bonds is 7. The zero-order chi connectivity index (χ0) is 21.5. The fourth-order valence-electron chi connectivity index (χ4n) is 4.04. The Labute approximate surface area is 184 Å². The number of hydrogen-bond acceptors (Lipinski definition) is 2. The van der Waals surface area contributed by atoms with Gasteiger partial charge in [-0.1, -0.05) is 72.8 Å². The third-order valence-electron chi connectivity index (χ3n) is 5.82. The quantitative estimate of drug-likeness (QED) is 0.672. The summed E-state index contributed by atoms with van der Waals surface area (Å²) in [6, 6.07) is 15.1. The molecule has 2 aromatic carbocycles. The lowest BCUT2D eigenvalue weighted by Crippen LogP contribution is -2.50. The SMILES string of the molecule is Cc1cccc(CC(=O)N(Cc2ccc(Cl)cc2)[C@@H](C)C(=O)NC2CCCCC2)c1. The van der Waals surface area contributed by atoms with E-state index < -0.39 is 6.04 Å². The predicted molar refractivity (Wildman–Crippen MR) is 121 cm³/mol. The van der Waals surface area contributed by atoms with Gasteiger partial charge in [0.2, 0.25) is 11.8 Å². The summed E-state index contributed by atoms with van der Waals surface area (Å²) < 4.78 is 0. The maximum Gasteiger partial charge on any atom is 0.242 e. The minimum Gasteiger partial charge on any atom is -0.352 e. The molecule has 30 heavy (non-hydrogen) atoms. The maximum atomic E-state index is 13.3. The number of nitrogens with zero attached hydrogens (tertiary/aromatic N) is 1. The molecule has 2 amide bonds. The number of amides is 2. The van der Waals surface area contributed by atoms with E-state index in [0.29, 0.717) is 11.6 Å². The van der Waals surface area contributed by atoms with Gasteiger partial charge >= 0.3 is 0 Å². The van der Waals surface area contributed by atoms with E-state index in [2.05, 4.69) is 5.32 Å². The summed E-state index contributed by atoms with van der Waals surface area (Å²) in [5.74, 6) is -0.129. The number of benzene rings is 2. The Hall–Kier alpha value is -2.33. The third-order valence-corrected chi connectivity index (χ3v) is 6.07. The van der Waals surface area contributed by atoms with Crippen LogP contribution in [0.1, 0.15) is 55.7 Å². The Morgan fingerprint density at radius 2 is 1.77 bits per heavy atom. The summed E-state index contributed by atoms with van der Waals surface area (Å²) in [5.41, 5.74) is 3.03. The highest BCUT2D eigenvalue weighted by atomic mass is 35.5. The second kappa shape index (κ2) is 10.6. The largest absolute Gasteiger partial charge is 0.352 e. The molecule has 0 spiro atoms. The summed E-state index contributed by atoms with van der Waals surface area (Å²) >= 11 is 6.01. The van der Waals surface area contributed by atoms with Gasteiger partial charge in [0.25, 0.3) is 0 Å². The second-order valence-electron chi connectivity index (χ2n) is 8.33. The molecular formula is C25H31ClN2O2. The van der Waals surface area contributed by atoms with Crippen molar-refractivity contribution in [2.24, 2.45) is 0 Å². The van der Waals surface area contributed by atoms with Crippen molar-refractivity contribution in [3.05, 3.63) is 70.2 Å². The monoisotopic (exact) mass is 426 g/mol. The molecule has 1 aliphatic rings. The van der Waals surface area contributed by atoms with Crippen LogP contribution in [0.25, 0.3) is 0 Å². The Morgan fingerprint density at radius 1 is 1.07 bits per heavy atom. The van der Waals surface area contributed by atoms with Crippen molar-refractivity contribution in [1.29, 1.82) is 0 Å². The van der Waals surface area contributed by atoms with Crippen LogP contribution in [0.2, 0.25) is 5.02 Å². The van der Waals surface area contributed by atoms with Gasteiger partial charge in [0.1, 0.15) is 6.04 Å². The normalized spacial score (nSPS) is 15.4. The molecule has 0 bridgehead atoms. The molecule has 5 heteroatoms. The maximum absolute atomic E-state index is 13.3. The molecule has 1 fully saturated rings. The standard InChI is InChI=1S/C25H31ClN2O2/c1-18-7-6-8-21(15-18)16-24(29)28(17-20-11-13-22(26)14-12-20)19(2)25(30)27-23-9-4-3-5-10-23/h6-8,11-15,19,23H,3-5,9-10,16-17H2,1-2H3,(H,27,30)/t19-/m0/s1. The smallest absolute Gasteiger partial charge is 0.242 e. The molecule has 160 valence electrons. The van der Waals surface area contributed by atoms with Gasteiger partial charge in [0.05, 0.1) is 6.42 Å². The number of nitrogens with one attached hydrogen (secondary N) is 1. The minimum absolute atomic E-state index is 0.0538. The molecule has 0 heterocycles. The first-order valence-electron chi connectivity index (χ1n) is 10.8. The molecule has 0 unspecified atom stereocenters. The third kappa shape index (κ3) is 6.33. The van der Waals surface area contributed by atoms with E-state index in [-0.39, 0.29) is 24.3 Å². The van der Waals surface area contributed by atoms with Crippen LogP contribution in [0.3, 0.4) is 0 Å². The number of halogens is 1. The summed E-state index contributed by atoms with van der Waals surface area (Å²) in [7, 11) is 0. The van der Waals surface area contributed by atoms with Crippen molar-refractivity contribution in [2.75, 3.05) is 0 Å². The molecule has 0 aliphatic heterocycles. The number of hydrogen-bond donors (Lipinski definition) is 1. The van der Waals surface area contributed by atoms with Crippen molar-refractivity contribution in [1.82, 2.24) is 10.2 Å². The highest BCUT2D eigenvalue weighted by Crippen LogP contribution is 2.19. The lowest BCUT2D eigenvalue weighted by molar-refractivity contribution is -0.140. The molecular weight excluding hydrogens is 396 g/mol. The zero-order valence-electron chi connectivity index (χ0n) is 17.9. The molecule has 1 saturated carbocycles. The van der Waals surface area contributed by atoms with Gasteiger partial charge < -0.3 is 10.2 Å². The van der Waals surface area contributed by atoms with Gasteiger partial charge in [-0.3, -0.25) is 9.59 Å². The van der Waals surface area contributed by atoms with Gasteiger partial charge in [-0.15, -0.1) is 0 Å². The molecule has 0 aromatic heterocycles. The van der Waals surface area contributed by atoms with Crippen LogP contribution in [0.4, 0.5) is 0 Å². The fraction of sp³-hybridized carbons (Fsp3) is 0.440. The van der Waals surface area contributed by atoms with E-state index in [9.17, 15) is 9.59 Å². The summed E-state index contributed by atoms with van der Waals surface area (Å²) in [6.45, 7) is 4.21. The van der Waals surface area contributed by atoms with E-state index in [1.54, 1.807) is 4.90 Å². The Morgan fingerprint density at radius 3 is 2.43 bits per heavy atom. The molecule has 1 N–H and O–H groups in total. The molecule has 0 radical (unpaired) electrons. The van der Waals surface area contributed by atoms with Crippen LogP contribution in [0.5, 0.6) is 0 Å². The topological polar surface area (TPSA) is 49.4 Å². The van der Waals surface area contributed by atoms with Gasteiger partial charge in [-0.05, 0) is 49.9 Å². The number of carbonyl (C=O) groups excluding carboxylic acids is 2. The first kappa shape index (κ1) is 22.4. The number of aryl methyl sites for hydroxylation is 1. The number of carbonyl (C=O) groups is 2. The molecule has 0 saturated heterocycles. The average Bonchev–Trinajstić information content (AvgIpc) is 2.73. The fourth-order valence-corrected chi connectivity index (χ4v) is 4.16. The van der Waals surface area contributed by atoms with E-state index in [1.807, 2.05) is 62.4 Å². The first-order valence-corrected chi connectivity index (χ1v) is 11.2. The Bertz CT molecular complexity index is 860. The highest BCUT2D eigenvalue weighted by molar-refractivity contribution is 6.30. The van der Waals surface area contributed by atoms with Gasteiger partial charge in [-0.2, -0.15) is 0 Å². The van der Waals surface area contributed by atoms with Gasteiger partial charge in [-0.25, -0.2) is 0 Å². The Kier molecular flexibility index (Phi) is 7.92. The van der Waals surface area contributed by atoms with Crippen molar-refractivity contribution >= 4 is 23.4 Å². The molecule has 1 atom stereocenters. The summed E-state index contributed by atoms with van der Waals surface area (Å²) in [6.07, 6.45) is 5.86. The molecule has 2 aromatic rings. The average molecular weight is 427 g/mol. The van der Waals surface area contributed by atoms with E-state index >= 15 is 0 Å². The van der Waals surface area contributed by atoms with Crippen molar-refractivity contribution in [3.8, 4) is 0 Å². The second-order valence-corrected chi connectivity index (χ2v) is 8.77. The van der Waals surface area contributed by atoms with Crippen LogP contribution in [0, 0.1) is 6.92 Å². The van der Waals surface area contributed by atoms with Gasteiger partial charge in [0.15, 0.2) is 0 Å². The summed E-state index contributed by atoms with van der Waals surface area (Å²) in [5, 5.41) is 3.82. The van der Waals surface area contributed by atoms with Crippen LogP contribution in [-0.4, -0.2) is 28.8 Å². The lowest BCUT2D eigenvalue weighted by atomic mass is 9.95. The van der Waals surface area contributed by atoms with Crippen LogP contribution < -0.4 is 5.32 Å². The lowest BCUT2D eigenvalue weighted by Gasteiger charge is -2.31. The molecule has 1 aliphatic carbocycles. The van der Waals surface area contributed by atoms with Crippen molar-refractivity contribution < 1.29 is 9.59 Å². The van der Waals surface area contributed by atoms with E-state index in [1.165, 1.54) is 6.42 Å². The first-order chi connectivity index (χ1) is 14.4. The zero-order valence-corrected chi connectivity index (χ0v) is 18.6. The van der Waals surface area contributed by atoms with Crippen LogP contribution in [-0.2, 0) is 22.6 Å². The summed E-state index contributed by atoms with van der Waals surface area (Å²) in [4.78, 5) is 27.9. The van der Waals surface area contributed by atoms with Crippen LogP contribution in [0.15, 0.2) is 48.5 Å². The highest BCUT2D eigenvalue weighted by Gasteiger charge is 2.28. The van der Waals surface area contributed by atoms with Gasteiger partial charge in [0, 0.05) is 17.6 Å². The predicted octanol–water partition coefficient (Wildman–Crippen LogP) is 5.06. The van der Waals surface area contributed by atoms with Crippen molar-refractivity contribution in [2.45, 2.75) is 71.0 Å².